The lowest BCUT2D eigenvalue weighted by Gasteiger charge is -2.33. The number of rotatable bonds is 3. The quantitative estimate of drug-likeness (QED) is 0.753. The Bertz CT molecular complexity index is 979. The number of carbonyl (C=O) groups excluding carboxylic acids is 1. The Morgan fingerprint density at radius 2 is 2.07 bits per heavy atom. The van der Waals surface area contributed by atoms with Crippen molar-refractivity contribution in [2.75, 3.05) is 18.0 Å². The van der Waals surface area contributed by atoms with E-state index in [4.69, 9.17) is 11.6 Å². The molecule has 1 unspecified atom stereocenters. The first-order valence-electron chi connectivity index (χ1n) is 9.00. The number of hydrogen-bond acceptors (Lipinski definition) is 5. The lowest BCUT2D eigenvalue weighted by atomic mass is 10.0. The van der Waals surface area contributed by atoms with Gasteiger partial charge in [0.1, 0.15) is 0 Å². The van der Waals surface area contributed by atoms with Crippen LogP contribution in [0.3, 0.4) is 0 Å². The normalized spacial score (nSPS) is 17.1. The fraction of sp³-hybridized carbons (Fsp3) is 0.300. The number of amides is 1. The summed E-state index contributed by atoms with van der Waals surface area (Å²) in [6.07, 6.45) is 5.38. The Labute approximate surface area is 162 Å². The predicted octanol–water partition coefficient (Wildman–Crippen LogP) is 3.39. The second-order valence-electron chi connectivity index (χ2n) is 6.77. The van der Waals surface area contributed by atoms with Crippen molar-refractivity contribution in [3.8, 4) is 0 Å². The molecule has 1 amide bonds. The number of halogens is 1. The second-order valence-corrected chi connectivity index (χ2v) is 7.20. The van der Waals surface area contributed by atoms with E-state index in [1.807, 2.05) is 25.1 Å². The molecule has 1 aromatic carbocycles. The summed E-state index contributed by atoms with van der Waals surface area (Å²) in [6, 6.07) is 9.21. The molecule has 0 aliphatic carbocycles. The van der Waals surface area contributed by atoms with Crippen LogP contribution in [0.15, 0.2) is 42.7 Å². The summed E-state index contributed by atoms with van der Waals surface area (Å²) in [6.45, 7) is 3.45. The molecule has 6 nitrogen and oxygen atoms in total. The van der Waals surface area contributed by atoms with Crippen molar-refractivity contribution in [2.45, 2.75) is 25.8 Å². The molecule has 1 aliphatic rings. The van der Waals surface area contributed by atoms with Crippen LogP contribution in [0.4, 0.5) is 5.95 Å². The predicted molar refractivity (Wildman–Crippen MR) is 106 cm³/mol. The van der Waals surface area contributed by atoms with Gasteiger partial charge >= 0.3 is 0 Å². The van der Waals surface area contributed by atoms with Gasteiger partial charge in [0.2, 0.25) is 5.95 Å². The highest BCUT2D eigenvalue weighted by Crippen LogP contribution is 2.21. The minimum atomic E-state index is -0.109. The van der Waals surface area contributed by atoms with Gasteiger partial charge in [-0.15, -0.1) is 0 Å². The molecular formula is C20H20ClN5O. The standard InChI is InChI=1S/C20H20ClN5O/c1-13-17(11-14-10-15(21)5-6-18(14)24-13)19(27)25-16-4-2-9-26(12-16)20-22-7-3-8-23-20/h3,5-8,10-11,16H,2,4,9,12H2,1H3,(H,25,27). The van der Waals surface area contributed by atoms with E-state index in [1.54, 1.807) is 24.5 Å². The molecule has 3 heterocycles. The zero-order valence-corrected chi connectivity index (χ0v) is 15.8. The molecule has 0 radical (unpaired) electrons. The molecular weight excluding hydrogens is 362 g/mol. The van der Waals surface area contributed by atoms with E-state index in [1.165, 1.54) is 0 Å². The lowest BCUT2D eigenvalue weighted by Crippen LogP contribution is -2.48. The largest absolute Gasteiger partial charge is 0.347 e. The number of pyridine rings is 1. The number of piperidine rings is 1. The zero-order chi connectivity index (χ0) is 18.8. The van der Waals surface area contributed by atoms with Crippen molar-refractivity contribution in [3.05, 3.63) is 59.0 Å². The molecule has 1 atom stereocenters. The first-order valence-corrected chi connectivity index (χ1v) is 9.38. The number of fused-ring (bicyclic) bond motifs is 1. The third-order valence-corrected chi connectivity index (χ3v) is 5.04. The molecule has 0 spiro atoms. The van der Waals surface area contributed by atoms with Gasteiger partial charge in [0, 0.05) is 41.9 Å². The van der Waals surface area contributed by atoms with Crippen LogP contribution in [-0.4, -0.2) is 40.0 Å². The maximum atomic E-state index is 12.9. The number of anilines is 1. The summed E-state index contributed by atoms with van der Waals surface area (Å²) in [5.41, 5.74) is 2.12. The lowest BCUT2D eigenvalue weighted by molar-refractivity contribution is 0.0932. The van der Waals surface area contributed by atoms with Gasteiger partial charge in [-0.3, -0.25) is 9.78 Å². The zero-order valence-electron chi connectivity index (χ0n) is 15.0. The van der Waals surface area contributed by atoms with E-state index in [9.17, 15) is 4.79 Å². The molecule has 1 N–H and O–H groups in total. The number of carbonyl (C=O) groups is 1. The Hall–Kier alpha value is -2.73. The van der Waals surface area contributed by atoms with Gasteiger partial charge in [-0.2, -0.15) is 0 Å². The third kappa shape index (κ3) is 3.85. The van der Waals surface area contributed by atoms with Gasteiger partial charge in [-0.05, 0) is 50.1 Å². The Balaban J connectivity index is 1.51. The SMILES string of the molecule is Cc1nc2ccc(Cl)cc2cc1C(=O)NC1CCCN(c2ncccn2)C1. The molecule has 4 rings (SSSR count). The minimum Gasteiger partial charge on any atom is -0.347 e. The van der Waals surface area contributed by atoms with E-state index in [-0.39, 0.29) is 11.9 Å². The van der Waals surface area contributed by atoms with Crippen LogP contribution in [0, 0.1) is 6.92 Å². The summed E-state index contributed by atoms with van der Waals surface area (Å²) < 4.78 is 0. The molecule has 27 heavy (non-hydrogen) atoms. The molecule has 0 bridgehead atoms. The van der Waals surface area contributed by atoms with Crippen molar-refractivity contribution in [1.82, 2.24) is 20.3 Å². The van der Waals surface area contributed by atoms with E-state index < -0.39 is 0 Å². The fourth-order valence-electron chi connectivity index (χ4n) is 3.47. The minimum absolute atomic E-state index is 0.0458. The van der Waals surface area contributed by atoms with Gasteiger partial charge in [0.15, 0.2) is 0 Å². The van der Waals surface area contributed by atoms with Crippen molar-refractivity contribution < 1.29 is 4.79 Å². The van der Waals surface area contributed by atoms with Crippen LogP contribution in [0.5, 0.6) is 0 Å². The summed E-state index contributed by atoms with van der Waals surface area (Å²) >= 11 is 6.07. The molecule has 1 saturated heterocycles. The number of aromatic nitrogens is 3. The Morgan fingerprint density at radius 3 is 2.89 bits per heavy atom. The highest BCUT2D eigenvalue weighted by atomic mass is 35.5. The average molecular weight is 382 g/mol. The van der Waals surface area contributed by atoms with Crippen LogP contribution in [-0.2, 0) is 0 Å². The van der Waals surface area contributed by atoms with Gasteiger partial charge < -0.3 is 10.2 Å². The third-order valence-electron chi connectivity index (χ3n) is 4.80. The van der Waals surface area contributed by atoms with Gasteiger partial charge in [0.05, 0.1) is 16.8 Å². The molecule has 3 aromatic rings. The average Bonchev–Trinajstić information content (AvgIpc) is 2.68. The molecule has 0 saturated carbocycles. The molecule has 1 fully saturated rings. The topological polar surface area (TPSA) is 71.0 Å². The van der Waals surface area contributed by atoms with Crippen molar-refractivity contribution in [1.29, 1.82) is 0 Å². The monoisotopic (exact) mass is 381 g/mol. The van der Waals surface area contributed by atoms with Gasteiger partial charge in [-0.1, -0.05) is 11.6 Å². The van der Waals surface area contributed by atoms with Gasteiger partial charge in [-0.25, -0.2) is 9.97 Å². The Kier molecular flexibility index (Phi) is 4.90. The second kappa shape index (κ2) is 7.48. The number of benzene rings is 1. The van der Waals surface area contributed by atoms with Crippen LogP contribution >= 0.6 is 11.6 Å². The highest BCUT2D eigenvalue weighted by molar-refractivity contribution is 6.31. The van der Waals surface area contributed by atoms with Crippen molar-refractivity contribution in [2.24, 2.45) is 0 Å². The van der Waals surface area contributed by atoms with E-state index >= 15 is 0 Å². The smallest absolute Gasteiger partial charge is 0.253 e. The van der Waals surface area contributed by atoms with Crippen LogP contribution in [0.2, 0.25) is 5.02 Å². The fourth-order valence-corrected chi connectivity index (χ4v) is 3.65. The maximum Gasteiger partial charge on any atom is 0.253 e. The summed E-state index contributed by atoms with van der Waals surface area (Å²) in [5, 5.41) is 4.64. The van der Waals surface area contributed by atoms with E-state index in [0.29, 0.717) is 28.8 Å². The molecule has 1 aliphatic heterocycles. The summed E-state index contributed by atoms with van der Waals surface area (Å²) in [5.74, 6) is 0.595. The van der Waals surface area contributed by atoms with Crippen LogP contribution < -0.4 is 10.2 Å². The van der Waals surface area contributed by atoms with Crippen LogP contribution in [0.1, 0.15) is 28.9 Å². The van der Waals surface area contributed by atoms with Crippen molar-refractivity contribution >= 4 is 34.4 Å². The first-order chi connectivity index (χ1) is 13.1. The number of aryl methyl sites for hydroxylation is 1. The maximum absolute atomic E-state index is 12.9. The van der Waals surface area contributed by atoms with Gasteiger partial charge in [0.25, 0.3) is 5.91 Å². The summed E-state index contributed by atoms with van der Waals surface area (Å²) in [4.78, 5) is 28.1. The molecule has 138 valence electrons. The van der Waals surface area contributed by atoms with Crippen LogP contribution in [0.25, 0.3) is 10.9 Å². The number of nitrogens with one attached hydrogen (secondary N) is 1. The Morgan fingerprint density at radius 1 is 1.26 bits per heavy atom. The van der Waals surface area contributed by atoms with E-state index in [2.05, 4.69) is 25.2 Å². The number of hydrogen-bond donors (Lipinski definition) is 1. The highest BCUT2D eigenvalue weighted by Gasteiger charge is 2.24. The number of nitrogens with zero attached hydrogens (tertiary/aromatic N) is 4. The first kappa shape index (κ1) is 17.7. The molecule has 7 heteroatoms. The molecule has 2 aromatic heterocycles. The summed E-state index contributed by atoms with van der Waals surface area (Å²) in [7, 11) is 0. The van der Waals surface area contributed by atoms with Crippen molar-refractivity contribution in [3.63, 3.8) is 0 Å². The van der Waals surface area contributed by atoms with E-state index in [0.717, 1.165) is 30.3 Å².